The Balaban J connectivity index is 0.000000640. The summed E-state index contributed by atoms with van der Waals surface area (Å²) in [6, 6.07) is 0. The molecule has 0 unspecified atom stereocenters. The van der Waals surface area contributed by atoms with E-state index >= 15 is 0 Å². The maximum Gasteiger partial charge on any atom is 0.297 e. The molecule has 1 aliphatic heterocycles. The molecule has 0 aliphatic carbocycles. The molecule has 3 nitrogen and oxygen atoms in total. The number of rotatable bonds is 0. The second-order valence-electron chi connectivity index (χ2n) is 1.67. The Hall–Kier alpha value is 0.734. The van der Waals surface area contributed by atoms with Gasteiger partial charge in [-0.1, -0.05) is 0 Å². The molecule has 0 spiro atoms. The molecule has 1 radical (unpaired) electrons. The van der Waals surface area contributed by atoms with Crippen LogP contribution in [-0.4, -0.2) is 13.3 Å². The van der Waals surface area contributed by atoms with E-state index in [0.717, 1.165) is 6.42 Å². The Bertz CT molecular complexity index is 117. The van der Waals surface area contributed by atoms with E-state index in [0.29, 0.717) is 6.61 Å². The average molecular weight is 186 g/mol. The van der Waals surface area contributed by atoms with Gasteiger partial charge in [-0.25, -0.2) is 0 Å². The summed E-state index contributed by atoms with van der Waals surface area (Å²) in [5, 5.41) is 0. The van der Waals surface area contributed by atoms with Crippen LogP contribution in [0.2, 0.25) is 0 Å². The van der Waals surface area contributed by atoms with Gasteiger partial charge >= 0.3 is 0 Å². The summed E-state index contributed by atoms with van der Waals surface area (Å²) in [6.07, 6.45) is 0.734. The van der Waals surface area contributed by atoms with Crippen molar-refractivity contribution in [1.29, 1.82) is 0 Å². The van der Waals surface area contributed by atoms with Gasteiger partial charge in [-0.3, -0.25) is 4.57 Å². The van der Waals surface area contributed by atoms with Crippen molar-refractivity contribution in [3.05, 3.63) is 6.61 Å². The van der Waals surface area contributed by atoms with E-state index in [1.54, 1.807) is 0 Å². The Morgan fingerprint density at radius 3 is 2.56 bits per heavy atom. The van der Waals surface area contributed by atoms with Crippen molar-refractivity contribution < 1.29 is 32.2 Å². The fourth-order valence-electron chi connectivity index (χ4n) is 0.485. The monoisotopic (exact) mass is 186 g/mol. The van der Waals surface area contributed by atoms with Crippen LogP contribution < -0.4 is 0 Å². The predicted octanol–water partition coefficient (Wildman–Crippen LogP) is 1.41. The van der Waals surface area contributed by atoms with Crippen LogP contribution in [-0.2, 0) is 32.2 Å². The van der Waals surface area contributed by atoms with Crippen molar-refractivity contribution in [2.24, 2.45) is 0 Å². The predicted molar refractivity (Wildman–Crippen MR) is 29.5 cm³/mol. The molecule has 0 aromatic rings. The molecule has 1 atom stereocenters. The van der Waals surface area contributed by atoms with Crippen LogP contribution in [0.5, 0.6) is 0 Å². The molecule has 53 valence electrons. The third kappa shape index (κ3) is 3.44. The van der Waals surface area contributed by atoms with Gasteiger partial charge in [0.1, 0.15) is 0 Å². The van der Waals surface area contributed by atoms with Crippen molar-refractivity contribution >= 4 is 7.60 Å². The zero-order valence-corrected chi connectivity index (χ0v) is 7.40. The second-order valence-corrected chi connectivity index (χ2v) is 3.68. The minimum atomic E-state index is -2.64. The van der Waals surface area contributed by atoms with Gasteiger partial charge in [0.2, 0.25) is 0 Å². The standard InChI is InChI=1S/C4H8O3P.V/c1-8(5)6-3-2-4-7-8;/h3H,2,4H2,1H3;/q-1;/t8-;/m1./s1. The normalized spacial score (nSPS) is 35.2. The van der Waals surface area contributed by atoms with Crippen molar-refractivity contribution in [3.8, 4) is 0 Å². The third-order valence-corrected chi connectivity index (χ3v) is 2.01. The van der Waals surface area contributed by atoms with Gasteiger partial charge in [0.05, 0.1) is 0 Å². The molecule has 9 heavy (non-hydrogen) atoms. The molecule has 1 rings (SSSR count). The van der Waals surface area contributed by atoms with Crippen LogP contribution in [0.4, 0.5) is 0 Å². The van der Waals surface area contributed by atoms with Gasteiger partial charge in [0, 0.05) is 31.8 Å². The van der Waals surface area contributed by atoms with Crippen LogP contribution in [0.25, 0.3) is 0 Å². The Kier molecular flexibility index (Phi) is 4.10. The first-order chi connectivity index (χ1) is 3.71. The molecule has 0 bridgehead atoms. The van der Waals surface area contributed by atoms with Crippen LogP contribution in [0.15, 0.2) is 0 Å². The largest absolute Gasteiger partial charge is 0.486 e. The first-order valence-corrected chi connectivity index (χ1v) is 4.42. The van der Waals surface area contributed by atoms with Crippen LogP contribution in [0.3, 0.4) is 0 Å². The molecular weight excluding hydrogens is 178 g/mol. The van der Waals surface area contributed by atoms with Gasteiger partial charge in [0.25, 0.3) is 7.60 Å². The van der Waals surface area contributed by atoms with Crippen LogP contribution in [0.1, 0.15) is 6.42 Å². The second kappa shape index (κ2) is 3.79. The van der Waals surface area contributed by atoms with Gasteiger partial charge < -0.3 is 9.05 Å². The van der Waals surface area contributed by atoms with E-state index in [-0.39, 0.29) is 18.6 Å². The summed E-state index contributed by atoms with van der Waals surface area (Å²) in [5.74, 6) is 0. The molecule has 0 aromatic carbocycles. The van der Waals surface area contributed by atoms with Gasteiger partial charge in [-0.15, -0.1) is 6.42 Å². The number of hydrogen-bond acceptors (Lipinski definition) is 3. The molecule has 1 heterocycles. The zero-order valence-electron chi connectivity index (χ0n) is 5.11. The third-order valence-electron chi connectivity index (χ3n) is 0.828. The molecule has 0 N–H and O–H groups in total. The Morgan fingerprint density at radius 2 is 2.33 bits per heavy atom. The summed E-state index contributed by atoms with van der Waals surface area (Å²) in [5.41, 5.74) is 0. The van der Waals surface area contributed by atoms with Gasteiger partial charge in [-0.2, -0.15) is 6.61 Å². The van der Waals surface area contributed by atoms with Gasteiger partial charge in [-0.05, 0) is 0 Å². The molecule has 0 saturated carbocycles. The maximum absolute atomic E-state index is 10.8. The average Bonchev–Trinajstić information content (AvgIpc) is 1.65. The summed E-state index contributed by atoms with van der Waals surface area (Å²) in [7, 11) is -2.64. The zero-order chi connectivity index (χ0) is 6.04. The van der Waals surface area contributed by atoms with Crippen molar-refractivity contribution in [3.63, 3.8) is 0 Å². The summed E-state index contributed by atoms with van der Waals surface area (Å²) >= 11 is 0. The summed E-state index contributed by atoms with van der Waals surface area (Å²) in [4.78, 5) is 0. The fourth-order valence-corrected chi connectivity index (χ4v) is 1.36. The first-order valence-electron chi connectivity index (χ1n) is 2.43. The molecule has 0 aromatic heterocycles. The maximum atomic E-state index is 10.8. The topological polar surface area (TPSA) is 35.5 Å². The molecule has 1 fully saturated rings. The molecule has 0 amide bonds. The van der Waals surface area contributed by atoms with Crippen LogP contribution >= 0.6 is 7.60 Å². The molecule has 5 heteroatoms. The quantitative estimate of drug-likeness (QED) is 0.423. The van der Waals surface area contributed by atoms with E-state index in [1.807, 2.05) is 0 Å². The van der Waals surface area contributed by atoms with E-state index < -0.39 is 7.60 Å². The SMILES string of the molecule is C[P@@]1(=O)O[CH-]CCO1.[V]. The number of hydrogen-bond donors (Lipinski definition) is 0. The first kappa shape index (κ1) is 9.73. The Morgan fingerprint density at radius 1 is 1.67 bits per heavy atom. The smallest absolute Gasteiger partial charge is 0.297 e. The van der Waals surface area contributed by atoms with Crippen molar-refractivity contribution in [2.75, 3.05) is 13.3 Å². The molecular formula is C4H8O3PV-. The van der Waals surface area contributed by atoms with Crippen molar-refractivity contribution in [1.82, 2.24) is 0 Å². The minimum absolute atomic E-state index is 0. The van der Waals surface area contributed by atoms with Crippen molar-refractivity contribution in [2.45, 2.75) is 6.42 Å². The van der Waals surface area contributed by atoms with E-state index in [1.165, 1.54) is 13.3 Å². The van der Waals surface area contributed by atoms with Crippen LogP contribution in [0, 0.1) is 6.61 Å². The van der Waals surface area contributed by atoms with Gasteiger partial charge in [0.15, 0.2) is 0 Å². The summed E-state index contributed by atoms with van der Waals surface area (Å²) < 4.78 is 20.2. The van der Waals surface area contributed by atoms with E-state index in [4.69, 9.17) is 4.52 Å². The molecule has 1 saturated heterocycles. The molecule has 1 aliphatic rings. The Labute approximate surface area is 66.5 Å². The van der Waals surface area contributed by atoms with E-state index in [2.05, 4.69) is 4.52 Å². The van der Waals surface area contributed by atoms with E-state index in [9.17, 15) is 4.57 Å². The summed E-state index contributed by atoms with van der Waals surface area (Å²) in [6.45, 7) is 3.51. The minimum Gasteiger partial charge on any atom is -0.486 e. The fraction of sp³-hybridized carbons (Fsp3) is 0.750.